The number of rotatable bonds is 4. The molecule has 2 N–H and O–H groups in total. The van der Waals surface area contributed by atoms with E-state index in [0.717, 1.165) is 10.6 Å². The van der Waals surface area contributed by atoms with Crippen LogP contribution in [0.5, 0.6) is 0 Å². The van der Waals surface area contributed by atoms with E-state index in [0.29, 0.717) is 28.8 Å². The molecular formula is C15H18ClN5O3S2. The molecule has 0 fully saturated rings. The fourth-order valence-electron chi connectivity index (χ4n) is 2.48. The average molecular weight is 416 g/mol. The normalized spacial score (nSPS) is 14.9. The van der Waals surface area contributed by atoms with Crippen LogP contribution in [0, 0.1) is 0 Å². The van der Waals surface area contributed by atoms with Gasteiger partial charge in [-0.2, -0.15) is 17.0 Å². The Morgan fingerprint density at radius 2 is 2.12 bits per heavy atom. The summed E-state index contributed by atoms with van der Waals surface area (Å²) >= 11 is 7.17. The minimum Gasteiger partial charge on any atom is -0.308 e. The highest BCUT2D eigenvalue weighted by Gasteiger charge is 2.30. The number of aromatic nitrogens is 1. The minimum absolute atomic E-state index is 0.255. The Morgan fingerprint density at radius 3 is 2.81 bits per heavy atom. The number of benzene rings is 1. The number of hydrogen-bond donors (Lipinski definition) is 2. The van der Waals surface area contributed by atoms with Crippen molar-refractivity contribution in [1.82, 2.24) is 13.6 Å². The topological polar surface area (TPSA) is 94.6 Å². The second kappa shape index (κ2) is 7.49. The fourth-order valence-corrected chi connectivity index (χ4v) is 4.85. The molecule has 0 atom stereocenters. The first-order valence-corrected chi connectivity index (χ1v) is 10.3. The summed E-state index contributed by atoms with van der Waals surface area (Å²) in [6.45, 7) is 0.622. The van der Waals surface area contributed by atoms with Crippen LogP contribution in [0.4, 0.5) is 15.6 Å². The van der Waals surface area contributed by atoms with Crippen LogP contribution in [-0.2, 0) is 23.2 Å². The molecule has 2 heterocycles. The van der Waals surface area contributed by atoms with Gasteiger partial charge in [-0.1, -0.05) is 29.0 Å². The SMILES string of the molecule is CN(C)S(=O)(=O)N1CCc2nc(NC(=O)Nc3cccc(Cl)c3)sc2C1. The summed E-state index contributed by atoms with van der Waals surface area (Å²) in [6, 6.07) is 6.38. The van der Waals surface area contributed by atoms with Crippen LogP contribution < -0.4 is 10.6 Å². The molecule has 0 saturated carbocycles. The quantitative estimate of drug-likeness (QED) is 0.802. The van der Waals surface area contributed by atoms with E-state index in [1.807, 2.05) is 0 Å². The lowest BCUT2D eigenvalue weighted by atomic mass is 10.2. The number of amides is 2. The van der Waals surface area contributed by atoms with Crippen molar-refractivity contribution in [2.75, 3.05) is 31.3 Å². The Labute approximate surface area is 161 Å². The molecule has 1 aliphatic heterocycles. The number of anilines is 2. The Bertz CT molecular complexity index is 929. The lowest BCUT2D eigenvalue weighted by Crippen LogP contribution is -2.42. The molecule has 0 unspecified atom stereocenters. The molecule has 140 valence electrons. The van der Waals surface area contributed by atoms with Gasteiger partial charge in [0.1, 0.15) is 0 Å². The van der Waals surface area contributed by atoms with Crippen LogP contribution in [0.2, 0.25) is 5.02 Å². The largest absolute Gasteiger partial charge is 0.325 e. The number of halogens is 1. The van der Waals surface area contributed by atoms with E-state index in [9.17, 15) is 13.2 Å². The second-order valence-electron chi connectivity index (χ2n) is 5.85. The Balaban J connectivity index is 1.67. The summed E-state index contributed by atoms with van der Waals surface area (Å²) in [5.74, 6) is 0. The highest BCUT2D eigenvalue weighted by atomic mass is 35.5. The second-order valence-corrected chi connectivity index (χ2v) is 9.51. The third-order valence-corrected chi connectivity index (χ3v) is 6.91. The molecule has 0 radical (unpaired) electrons. The van der Waals surface area contributed by atoms with Crippen LogP contribution >= 0.6 is 22.9 Å². The molecule has 8 nitrogen and oxygen atoms in total. The van der Waals surface area contributed by atoms with Crippen molar-refractivity contribution in [2.45, 2.75) is 13.0 Å². The van der Waals surface area contributed by atoms with Gasteiger partial charge >= 0.3 is 6.03 Å². The van der Waals surface area contributed by atoms with E-state index in [-0.39, 0.29) is 6.54 Å². The van der Waals surface area contributed by atoms with Gasteiger partial charge in [0.2, 0.25) is 0 Å². The fraction of sp³-hybridized carbons (Fsp3) is 0.333. The number of fused-ring (bicyclic) bond motifs is 1. The molecule has 2 aromatic rings. The molecule has 26 heavy (non-hydrogen) atoms. The number of carbonyl (C=O) groups excluding carboxylic acids is 1. The molecule has 1 aromatic carbocycles. The Hall–Kier alpha value is -1.72. The summed E-state index contributed by atoms with van der Waals surface area (Å²) in [7, 11) is -0.459. The molecule has 0 aliphatic carbocycles. The zero-order valence-corrected chi connectivity index (χ0v) is 16.6. The van der Waals surface area contributed by atoms with E-state index in [2.05, 4.69) is 15.6 Å². The number of urea groups is 1. The summed E-state index contributed by atoms with van der Waals surface area (Å²) < 4.78 is 27.1. The smallest absolute Gasteiger partial charge is 0.308 e. The summed E-state index contributed by atoms with van der Waals surface area (Å²) in [6.07, 6.45) is 0.510. The summed E-state index contributed by atoms with van der Waals surface area (Å²) in [4.78, 5) is 17.3. The zero-order chi connectivity index (χ0) is 18.9. The first kappa shape index (κ1) is 19.1. The van der Waals surface area contributed by atoms with E-state index in [1.54, 1.807) is 24.3 Å². The van der Waals surface area contributed by atoms with Gasteiger partial charge in [0.25, 0.3) is 10.2 Å². The van der Waals surface area contributed by atoms with Gasteiger partial charge in [0.15, 0.2) is 5.13 Å². The number of hydrogen-bond acceptors (Lipinski definition) is 5. The van der Waals surface area contributed by atoms with Gasteiger partial charge in [-0.3, -0.25) is 5.32 Å². The summed E-state index contributed by atoms with van der Waals surface area (Å²) in [5, 5.41) is 6.31. The van der Waals surface area contributed by atoms with Gasteiger partial charge < -0.3 is 5.32 Å². The third-order valence-electron chi connectivity index (χ3n) is 3.79. The molecule has 0 bridgehead atoms. The maximum Gasteiger partial charge on any atom is 0.325 e. The minimum atomic E-state index is -3.47. The summed E-state index contributed by atoms with van der Waals surface area (Å²) in [5.41, 5.74) is 1.39. The van der Waals surface area contributed by atoms with Gasteiger partial charge in [-0.15, -0.1) is 0 Å². The van der Waals surface area contributed by atoms with Crippen LogP contribution in [0.1, 0.15) is 10.6 Å². The Kier molecular flexibility index (Phi) is 5.49. The van der Waals surface area contributed by atoms with E-state index < -0.39 is 16.2 Å². The lowest BCUT2D eigenvalue weighted by molar-refractivity contribution is 0.262. The number of carbonyl (C=O) groups is 1. The molecule has 0 spiro atoms. The standard InChI is InChI=1S/C15H18ClN5O3S2/c1-20(2)26(23,24)21-7-6-12-13(9-21)25-15(18-12)19-14(22)17-11-5-3-4-10(16)8-11/h3-5,8H,6-7,9H2,1-2H3,(H2,17,18,19,22). The van der Waals surface area contributed by atoms with Gasteiger partial charge in [0, 0.05) is 42.6 Å². The van der Waals surface area contributed by atoms with Gasteiger partial charge in [-0.05, 0) is 18.2 Å². The maximum atomic E-state index is 12.3. The van der Waals surface area contributed by atoms with Gasteiger partial charge in [-0.25, -0.2) is 9.78 Å². The van der Waals surface area contributed by atoms with Crippen LogP contribution in [-0.4, -0.2) is 48.7 Å². The Morgan fingerprint density at radius 1 is 1.35 bits per heavy atom. The molecule has 3 rings (SSSR count). The van der Waals surface area contributed by atoms with Crippen molar-refractivity contribution >= 4 is 50.0 Å². The molecule has 1 aromatic heterocycles. The van der Waals surface area contributed by atoms with Crippen molar-refractivity contribution in [3.05, 3.63) is 39.9 Å². The number of thiazole rings is 1. The molecule has 11 heteroatoms. The number of nitrogens with zero attached hydrogens (tertiary/aromatic N) is 3. The van der Waals surface area contributed by atoms with Crippen molar-refractivity contribution in [1.29, 1.82) is 0 Å². The number of nitrogens with one attached hydrogen (secondary N) is 2. The predicted molar refractivity (Wildman–Crippen MR) is 103 cm³/mol. The highest BCUT2D eigenvalue weighted by molar-refractivity contribution is 7.86. The molecule has 2 amide bonds. The molecular weight excluding hydrogens is 398 g/mol. The van der Waals surface area contributed by atoms with E-state index >= 15 is 0 Å². The highest BCUT2D eigenvalue weighted by Crippen LogP contribution is 2.30. The monoisotopic (exact) mass is 415 g/mol. The van der Waals surface area contributed by atoms with Crippen molar-refractivity contribution in [3.63, 3.8) is 0 Å². The van der Waals surface area contributed by atoms with Gasteiger partial charge in [0.05, 0.1) is 12.2 Å². The first-order valence-electron chi connectivity index (χ1n) is 7.75. The van der Waals surface area contributed by atoms with E-state index in [1.165, 1.54) is 34.0 Å². The van der Waals surface area contributed by atoms with Crippen molar-refractivity contribution < 1.29 is 13.2 Å². The molecule has 1 aliphatic rings. The van der Waals surface area contributed by atoms with Crippen LogP contribution in [0.25, 0.3) is 0 Å². The third kappa shape index (κ3) is 4.15. The lowest BCUT2D eigenvalue weighted by Gasteiger charge is -2.27. The average Bonchev–Trinajstić information content (AvgIpc) is 2.95. The van der Waals surface area contributed by atoms with E-state index in [4.69, 9.17) is 11.6 Å². The van der Waals surface area contributed by atoms with Crippen molar-refractivity contribution in [2.24, 2.45) is 0 Å². The zero-order valence-electron chi connectivity index (χ0n) is 14.2. The predicted octanol–water partition coefficient (Wildman–Crippen LogP) is 2.61. The first-order chi connectivity index (χ1) is 12.3. The molecule has 0 saturated heterocycles. The van der Waals surface area contributed by atoms with Crippen LogP contribution in [0.3, 0.4) is 0 Å². The van der Waals surface area contributed by atoms with Crippen molar-refractivity contribution in [3.8, 4) is 0 Å². The maximum absolute atomic E-state index is 12.3. The van der Waals surface area contributed by atoms with Crippen LogP contribution in [0.15, 0.2) is 24.3 Å².